The molecule has 6 nitrogen and oxygen atoms in total. The topological polar surface area (TPSA) is 75.7 Å². The van der Waals surface area contributed by atoms with Crippen LogP contribution in [-0.2, 0) is 20.2 Å². The van der Waals surface area contributed by atoms with Crippen molar-refractivity contribution < 1.29 is 17.9 Å². The van der Waals surface area contributed by atoms with Gasteiger partial charge in [-0.15, -0.1) is 0 Å². The maximum absolute atomic E-state index is 12.3. The van der Waals surface area contributed by atoms with Crippen LogP contribution in [0, 0.1) is 13.8 Å². The van der Waals surface area contributed by atoms with Crippen LogP contribution in [0.15, 0.2) is 42.5 Å². The minimum absolute atomic E-state index is 0.0401. The zero-order valence-electron chi connectivity index (χ0n) is 18.7. The second-order valence-corrected chi connectivity index (χ2v) is 10.4. The van der Waals surface area contributed by atoms with Crippen LogP contribution in [0.25, 0.3) is 0 Å². The first-order chi connectivity index (χ1) is 13.9. The molecule has 0 saturated carbocycles. The van der Waals surface area contributed by atoms with Gasteiger partial charge in [0.1, 0.15) is 18.9 Å². The van der Waals surface area contributed by atoms with E-state index in [9.17, 15) is 13.2 Å². The summed E-state index contributed by atoms with van der Waals surface area (Å²) in [4.78, 5) is 12.3. The van der Waals surface area contributed by atoms with E-state index in [1.165, 1.54) is 0 Å². The van der Waals surface area contributed by atoms with Gasteiger partial charge in [0.2, 0.25) is 15.9 Å². The number of nitrogens with one attached hydrogen (secondary N) is 1. The number of carbonyl (C=O) groups excluding carboxylic acids is 1. The molecule has 0 atom stereocenters. The molecular weight excluding hydrogens is 400 g/mol. The number of sulfonamides is 1. The number of hydrogen-bond donors (Lipinski definition) is 1. The van der Waals surface area contributed by atoms with E-state index in [-0.39, 0.29) is 24.4 Å². The van der Waals surface area contributed by atoms with Gasteiger partial charge < -0.3 is 10.1 Å². The molecule has 0 heterocycles. The van der Waals surface area contributed by atoms with Crippen molar-refractivity contribution in [2.45, 2.75) is 40.0 Å². The fourth-order valence-electron chi connectivity index (χ4n) is 3.03. The van der Waals surface area contributed by atoms with Gasteiger partial charge in [-0.25, -0.2) is 8.42 Å². The molecule has 0 bridgehead atoms. The Bertz CT molecular complexity index is 977. The zero-order chi connectivity index (χ0) is 22.5. The standard InChI is InChI=1S/C23H32N2O4S/c1-17-7-12-21(18(2)15-17)29-14-13-24-22(26)16-25(30(6,27)28)20-10-8-19(9-11-20)23(3,4)5/h7-12,15H,13-14,16H2,1-6H3,(H,24,26). The smallest absolute Gasteiger partial charge is 0.240 e. The maximum Gasteiger partial charge on any atom is 0.240 e. The largest absolute Gasteiger partial charge is 0.491 e. The Hall–Kier alpha value is -2.54. The van der Waals surface area contributed by atoms with Gasteiger partial charge in [-0.05, 0) is 48.6 Å². The molecule has 0 fully saturated rings. The Morgan fingerprint density at radius 2 is 1.70 bits per heavy atom. The molecule has 2 rings (SSSR count). The third-order valence-electron chi connectivity index (χ3n) is 4.72. The van der Waals surface area contributed by atoms with Crippen molar-refractivity contribution in [3.8, 4) is 5.75 Å². The lowest BCUT2D eigenvalue weighted by Crippen LogP contribution is -2.41. The Morgan fingerprint density at radius 1 is 1.07 bits per heavy atom. The molecule has 164 valence electrons. The Kier molecular flexibility index (Phi) is 7.53. The molecule has 0 saturated heterocycles. The predicted octanol–water partition coefficient (Wildman–Crippen LogP) is 3.56. The molecular formula is C23H32N2O4S. The molecule has 1 amide bonds. The number of aryl methyl sites for hydroxylation is 2. The highest BCUT2D eigenvalue weighted by atomic mass is 32.2. The summed E-state index contributed by atoms with van der Waals surface area (Å²) < 4.78 is 31.3. The molecule has 0 aliphatic heterocycles. The quantitative estimate of drug-likeness (QED) is 0.647. The van der Waals surface area contributed by atoms with Crippen molar-refractivity contribution in [2.75, 3.05) is 30.3 Å². The molecule has 2 aromatic rings. The minimum atomic E-state index is -3.60. The summed E-state index contributed by atoms with van der Waals surface area (Å²) in [5.74, 6) is 0.385. The number of nitrogens with zero attached hydrogens (tertiary/aromatic N) is 1. The molecule has 0 spiro atoms. The molecule has 30 heavy (non-hydrogen) atoms. The normalized spacial score (nSPS) is 11.8. The monoisotopic (exact) mass is 432 g/mol. The van der Waals surface area contributed by atoms with E-state index in [0.29, 0.717) is 12.3 Å². The molecule has 2 aromatic carbocycles. The molecule has 0 aromatic heterocycles. The van der Waals surface area contributed by atoms with Crippen LogP contribution in [0.2, 0.25) is 0 Å². The van der Waals surface area contributed by atoms with Crippen LogP contribution < -0.4 is 14.4 Å². The number of anilines is 1. The molecule has 0 radical (unpaired) electrons. The fraction of sp³-hybridized carbons (Fsp3) is 0.435. The summed E-state index contributed by atoms with van der Waals surface area (Å²) in [6.07, 6.45) is 1.10. The van der Waals surface area contributed by atoms with Crippen LogP contribution in [0.1, 0.15) is 37.5 Å². The van der Waals surface area contributed by atoms with Gasteiger partial charge in [0, 0.05) is 0 Å². The summed E-state index contributed by atoms with van der Waals surface area (Å²) in [6.45, 7) is 10.5. The first-order valence-electron chi connectivity index (χ1n) is 9.93. The Balaban J connectivity index is 1.95. The van der Waals surface area contributed by atoms with E-state index in [1.807, 2.05) is 44.2 Å². The van der Waals surface area contributed by atoms with Crippen LogP contribution in [-0.4, -0.2) is 40.3 Å². The summed E-state index contributed by atoms with van der Waals surface area (Å²) in [7, 11) is -3.60. The first-order valence-corrected chi connectivity index (χ1v) is 11.8. The van der Waals surface area contributed by atoms with Gasteiger partial charge in [0.25, 0.3) is 0 Å². The predicted molar refractivity (Wildman–Crippen MR) is 122 cm³/mol. The molecule has 1 N–H and O–H groups in total. The average molecular weight is 433 g/mol. The minimum Gasteiger partial charge on any atom is -0.491 e. The van der Waals surface area contributed by atoms with Crippen LogP contribution in [0.5, 0.6) is 5.75 Å². The van der Waals surface area contributed by atoms with Gasteiger partial charge in [-0.3, -0.25) is 9.10 Å². The van der Waals surface area contributed by atoms with E-state index >= 15 is 0 Å². The van der Waals surface area contributed by atoms with Crippen LogP contribution >= 0.6 is 0 Å². The summed E-state index contributed by atoms with van der Waals surface area (Å²) in [6, 6.07) is 13.2. The highest BCUT2D eigenvalue weighted by Crippen LogP contribution is 2.25. The van der Waals surface area contributed by atoms with E-state index < -0.39 is 10.0 Å². The van der Waals surface area contributed by atoms with Gasteiger partial charge in [-0.2, -0.15) is 0 Å². The number of ether oxygens (including phenoxy) is 1. The lowest BCUT2D eigenvalue weighted by Gasteiger charge is -2.24. The van der Waals surface area contributed by atoms with Crippen LogP contribution in [0.3, 0.4) is 0 Å². The van der Waals surface area contributed by atoms with E-state index in [2.05, 4.69) is 26.1 Å². The van der Waals surface area contributed by atoms with Crippen molar-refractivity contribution in [3.05, 3.63) is 59.2 Å². The Morgan fingerprint density at radius 3 is 2.23 bits per heavy atom. The number of carbonyl (C=O) groups is 1. The molecule has 0 aliphatic rings. The Labute approximate surface area is 180 Å². The number of hydrogen-bond acceptors (Lipinski definition) is 4. The molecule has 0 aliphatic carbocycles. The van der Waals surface area contributed by atoms with Gasteiger partial charge in [0.15, 0.2) is 0 Å². The van der Waals surface area contributed by atoms with E-state index in [0.717, 1.165) is 33.0 Å². The molecule has 7 heteroatoms. The van der Waals surface area contributed by atoms with Crippen molar-refractivity contribution in [1.82, 2.24) is 5.32 Å². The second kappa shape index (κ2) is 9.51. The summed E-state index contributed by atoms with van der Waals surface area (Å²) in [5, 5.41) is 2.72. The number of amides is 1. The van der Waals surface area contributed by atoms with Crippen molar-refractivity contribution in [1.29, 1.82) is 0 Å². The first kappa shape index (κ1) is 23.7. The summed E-state index contributed by atoms with van der Waals surface area (Å²) >= 11 is 0. The summed E-state index contributed by atoms with van der Waals surface area (Å²) in [5.41, 5.74) is 3.70. The third kappa shape index (κ3) is 6.76. The van der Waals surface area contributed by atoms with E-state index in [1.54, 1.807) is 12.1 Å². The number of benzene rings is 2. The fourth-order valence-corrected chi connectivity index (χ4v) is 3.88. The van der Waals surface area contributed by atoms with Crippen molar-refractivity contribution in [2.24, 2.45) is 0 Å². The van der Waals surface area contributed by atoms with Gasteiger partial charge in [-0.1, -0.05) is 50.6 Å². The third-order valence-corrected chi connectivity index (χ3v) is 5.86. The highest BCUT2D eigenvalue weighted by molar-refractivity contribution is 7.92. The van der Waals surface area contributed by atoms with Crippen molar-refractivity contribution >= 4 is 21.6 Å². The maximum atomic E-state index is 12.3. The van der Waals surface area contributed by atoms with Crippen molar-refractivity contribution in [3.63, 3.8) is 0 Å². The highest BCUT2D eigenvalue weighted by Gasteiger charge is 2.22. The van der Waals surface area contributed by atoms with Crippen LogP contribution in [0.4, 0.5) is 5.69 Å². The number of rotatable bonds is 8. The van der Waals surface area contributed by atoms with E-state index in [4.69, 9.17) is 4.74 Å². The second-order valence-electron chi connectivity index (χ2n) is 8.53. The van der Waals surface area contributed by atoms with Gasteiger partial charge in [0.05, 0.1) is 18.5 Å². The average Bonchev–Trinajstić information content (AvgIpc) is 2.63. The SMILES string of the molecule is Cc1ccc(OCCNC(=O)CN(c2ccc(C(C)(C)C)cc2)S(C)(=O)=O)c(C)c1. The lowest BCUT2D eigenvalue weighted by molar-refractivity contribution is -0.119. The zero-order valence-corrected chi connectivity index (χ0v) is 19.5. The van der Waals surface area contributed by atoms with Gasteiger partial charge >= 0.3 is 0 Å². The lowest BCUT2D eigenvalue weighted by atomic mass is 9.87. The molecule has 0 unspecified atom stereocenters.